The summed E-state index contributed by atoms with van der Waals surface area (Å²) in [7, 11) is 0. The van der Waals surface area contributed by atoms with E-state index in [1.807, 2.05) is 0 Å². The lowest BCUT2D eigenvalue weighted by Gasteiger charge is -2.63. The minimum absolute atomic E-state index is 0.230. The smallest absolute Gasteiger partial charge is 0.368 e. The van der Waals surface area contributed by atoms with Crippen LogP contribution in [0.25, 0.3) is 0 Å². The minimum atomic E-state index is -4.71. The van der Waals surface area contributed by atoms with Crippen molar-refractivity contribution in [3.63, 3.8) is 0 Å². The van der Waals surface area contributed by atoms with Gasteiger partial charge in [0.15, 0.2) is 0 Å². The summed E-state index contributed by atoms with van der Waals surface area (Å²) in [5, 5.41) is 13.5. The molecule has 0 unspecified atom stereocenters. The lowest BCUT2D eigenvalue weighted by Crippen LogP contribution is -2.71. The predicted molar refractivity (Wildman–Crippen MR) is 71.6 cm³/mol. The molecule has 5 rings (SSSR count). The molecule has 4 aliphatic carbocycles. The number of nitrogens with zero attached hydrogens (tertiary/aromatic N) is 1. The van der Waals surface area contributed by atoms with Crippen LogP contribution in [0, 0.1) is 23.7 Å². The quantitative estimate of drug-likeness (QED) is 0.723. The molecule has 1 spiro atoms. The summed E-state index contributed by atoms with van der Waals surface area (Å²) in [5.41, 5.74) is -3.53. The molecule has 4 saturated carbocycles. The second kappa shape index (κ2) is 3.94. The van der Waals surface area contributed by atoms with Gasteiger partial charge in [0.05, 0.1) is 5.84 Å². The molecule has 4 fully saturated rings. The highest BCUT2D eigenvalue weighted by atomic mass is 19.4. The van der Waals surface area contributed by atoms with Crippen LogP contribution in [0.5, 0.6) is 0 Å². The zero-order chi connectivity index (χ0) is 15.0. The number of aliphatic imine (C=N–C) groups is 1. The molecule has 1 heterocycles. The number of hydrogen-bond acceptors (Lipinski definition) is 3. The standard InChI is InChI=1S/C15H21F3N2O/c1-8-19-13(7-14(21,20-8)15(16,17)18)11-3-9-2-10(5-11)6-12(13)4-9/h9-12,21H,2-7H2,1H3,(H,19,20)/t9?,10?,11?,12?,13?,14-/m1/s1. The van der Waals surface area contributed by atoms with Crippen molar-refractivity contribution in [2.45, 2.75) is 62.9 Å². The zero-order valence-electron chi connectivity index (χ0n) is 12.1. The van der Waals surface area contributed by atoms with Gasteiger partial charge in [0.25, 0.3) is 5.72 Å². The van der Waals surface area contributed by atoms with E-state index in [0.717, 1.165) is 25.7 Å². The zero-order valence-corrected chi connectivity index (χ0v) is 12.1. The van der Waals surface area contributed by atoms with E-state index in [-0.39, 0.29) is 24.1 Å². The van der Waals surface area contributed by atoms with Crippen molar-refractivity contribution >= 4 is 5.84 Å². The third-order valence-electron chi connectivity index (χ3n) is 6.35. The van der Waals surface area contributed by atoms with Gasteiger partial charge in [-0.1, -0.05) is 0 Å². The molecule has 5 aliphatic rings. The van der Waals surface area contributed by atoms with Crippen molar-refractivity contribution in [3.8, 4) is 0 Å². The van der Waals surface area contributed by atoms with Crippen LogP contribution in [-0.4, -0.2) is 28.4 Å². The fourth-order valence-corrected chi connectivity index (χ4v) is 5.82. The molecule has 0 aromatic rings. The van der Waals surface area contributed by atoms with Gasteiger partial charge in [0.2, 0.25) is 0 Å². The fourth-order valence-electron chi connectivity index (χ4n) is 5.82. The molecule has 0 radical (unpaired) electrons. The Morgan fingerprint density at radius 1 is 1.10 bits per heavy atom. The lowest BCUT2D eigenvalue weighted by atomic mass is 9.47. The normalized spacial score (nSPS) is 52.0. The molecule has 1 atom stereocenters. The van der Waals surface area contributed by atoms with Gasteiger partial charge in [-0.15, -0.1) is 0 Å². The topological polar surface area (TPSA) is 44.6 Å². The minimum Gasteiger partial charge on any atom is -0.368 e. The highest BCUT2D eigenvalue weighted by molar-refractivity contribution is 5.81. The van der Waals surface area contributed by atoms with E-state index < -0.39 is 17.4 Å². The molecule has 3 nitrogen and oxygen atoms in total. The molecular formula is C15H21F3N2O. The molecule has 4 bridgehead atoms. The van der Waals surface area contributed by atoms with Gasteiger partial charge >= 0.3 is 6.18 Å². The van der Waals surface area contributed by atoms with Crippen molar-refractivity contribution < 1.29 is 18.3 Å². The summed E-state index contributed by atoms with van der Waals surface area (Å²) in [5.74, 6) is 2.07. The number of alkyl halides is 3. The Labute approximate surface area is 122 Å². The highest BCUT2D eigenvalue weighted by Gasteiger charge is 2.66. The maximum absolute atomic E-state index is 13.3. The Bertz CT molecular complexity index is 474. The van der Waals surface area contributed by atoms with Crippen LogP contribution in [0.1, 0.15) is 45.4 Å². The third-order valence-corrected chi connectivity index (χ3v) is 6.35. The van der Waals surface area contributed by atoms with Crippen molar-refractivity contribution in [2.75, 3.05) is 0 Å². The molecule has 2 N–H and O–H groups in total. The second-order valence-electron chi connectivity index (χ2n) is 7.66. The van der Waals surface area contributed by atoms with Crippen LogP contribution >= 0.6 is 0 Å². The summed E-state index contributed by atoms with van der Waals surface area (Å²) < 4.78 is 39.9. The van der Waals surface area contributed by atoms with Gasteiger partial charge in [-0.2, -0.15) is 13.2 Å². The summed E-state index contributed by atoms with van der Waals surface area (Å²) in [4.78, 5) is 3.53. The van der Waals surface area contributed by atoms with Crippen LogP contribution in [-0.2, 0) is 0 Å². The Morgan fingerprint density at radius 2 is 1.62 bits per heavy atom. The van der Waals surface area contributed by atoms with Gasteiger partial charge in [-0.25, -0.2) is 4.99 Å². The maximum atomic E-state index is 13.3. The Balaban J connectivity index is 1.74. The first-order valence-corrected chi connectivity index (χ1v) is 7.85. The number of nitrogens with one attached hydrogen (secondary N) is 1. The molecule has 0 amide bonds. The Kier molecular flexibility index (Phi) is 2.60. The summed E-state index contributed by atoms with van der Waals surface area (Å²) >= 11 is 0. The summed E-state index contributed by atoms with van der Waals surface area (Å²) in [6, 6.07) is 0. The van der Waals surface area contributed by atoms with Crippen LogP contribution in [0.15, 0.2) is 4.99 Å². The Morgan fingerprint density at radius 3 is 2.10 bits per heavy atom. The van der Waals surface area contributed by atoms with E-state index in [9.17, 15) is 18.3 Å². The third kappa shape index (κ3) is 1.80. The Hall–Kier alpha value is -0.780. The van der Waals surface area contributed by atoms with Crippen LogP contribution in [0.3, 0.4) is 0 Å². The maximum Gasteiger partial charge on any atom is 0.438 e. The molecular weight excluding hydrogens is 281 g/mol. The molecule has 1 aliphatic heterocycles. The average molecular weight is 302 g/mol. The first kappa shape index (κ1) is 13.9. The number of rotatable bonds is 0. The first-order valence-electron chi connectivity index (χ1n) is 7.85. The van der Waals surface area contributed by atoms with Crippen molar-refractivity contribution in [2.24, 2.45) is 28.7 Å². The predicted octanol–water partition coefficient (Wildman–Crippen LogP) is 2.84. The monoisotopic (exact) mass is 302 g/mol. The molecule has 0 saturated heterocycles. The van der Waals surface area contributed by atoms with E-state index in [0.29, 0.717) is 11.8 Å². The van der Waals surface area contributed by atoms with Crippen molar-refractivity contribution in [1.82, 2.24) is 5.32 Å². The van der Waals surface area contributed by atoms with Gasteiger partial charge in [-0.05, 0) is 62.7 Å². The summed E-state index contributed by atoms with van der Waals surface area (Å²) in [6.07, 6.45) is 0.220. The van der Waals surface area contributed by atoms with Crippen LogP contribution in [0.2, 0.25) is 0 Å². The number of halogens is 3. The van der Waals surface area contributed by atoms with Gasteiger partial charge in [-0.3, -0.25) is 0 Å². The second-order valence-corrected chi connectivity index (χ2v) is 7.66. The first-order chi connectivity index (χ1) is 9.72. The van der Waals surface area contributed by atoms with Crippen molar-refractivity contribution in [3.05, 3.63) is 0 Å². The largest absolute Gasteiger partial charge is 0.438 e. The van der Waals surface area contributed by atoms with Crippen molar-refractivity contribution in [1.29, 1.82) is 0 Å². The fraction of sp³-hybridized carbons (Fsp3) is 0.933. The van der Waals surface area contributed by atoms with Gasteiger partial charge in [0, 0.05) is 12.0 Å². The molecule has 6 heteroatoms. The van der Waals surface area contributed by atoms with E-state index in [1.54, 1.807) is 6.92 Å². The number of amidine groups is 1. The lowest BCUT2D eigenvalue weighted by molar-refractivity contribution is -0.274. The SMILES string of the molecule is CC1=N[C@](O)(C(F)(F)F)CC2(N1)C1CC3CC(C1)CC2C3. The molecule has 21 heavy (non-hydrogen) atoms. The highest BCUT2D eigenvalue weighted by Crippen LogP contribution is 2.61. The molecule has 0 aromatic carbocycles. The van der Waals surface area contributed by atoms with Gasteiger partial charge < -0.3 is 10.4 Å². The van der Waals surface area contributed by atoms with E-state index in [4.69, 9.17) is 0 Å². The van der Waals surface area contributed by atoms with Crippen LogP contribution in [0.4, 0.5) is 13.2 Å². The molecule has 118 valence electrons. The van der Waals surface area contributed by atoms with E-state index in [2.05, 4.69) is 10.3 Å². The number of hydrogen-bond donors (Lipinski definition) is 2. The average Bonchev–Trinajstić information content (AvgIpc) is 2.33. The molecule has 0 aromatic heterocycles. The van der Waals surface area contributed by atoms with E-state index >= 15 is 0 Å². The summed E-state index contributed by atoms with van der Waals surface area (Å²) in [6.45, 7) is 1.54. The number of aliphatic hydroxyl groups is 1. The van der Waals surface area contributed by atoms with E-state index in [1.165, 1.54) is 6.42 Å². The van der Waals surface area contributed by atoms with Gasteiger partial charge in [0.1, 0.15) is 0 Å². The van der Waals surface area contributed by atoms with Crippen LogP contribution < -0.4 is 5.32 Å².